The third-order valence-electron chi connectivity index (χ3n) is 4.66. The van der Waals surface area contributed by atoms with Gasteiger partial charge in [-0.25, -0.2) is 4.98 Å². The molecular formula is C22H21N5OS2. The molecule has 0 atom stereocenters. The molecule has 0 saturated heterocycles. The van der Waals surface area contributed by atoms with Crippen molar-refractivity contribution in [3.63, 3.8) is 0 Å². The van der Waals surface area contributed by atoms with Gasteiger partial charge >= 0.3 is 0 Å². The maximum atomic E-state index is 12.3. The van der Waals surface area contributed by atoms with E-state index in [0.29, 0.717) is 17.3 Å². The van der Waals surface area contributed by atoms with Crippen LogP contribution in [-0.2, 0) is 12.3 Å². The van der Waals surface area contributed by atoms with Crippen LogP contribution in [-0.4, -0.2) is 25.7 Å². The summed E-state index contributed by atoms with van der Waals surface area (Å²) in [6, 6.07) is 16.2. The van der Waals surface area contributed by atoms with E-state index >= 15 is 0 Å². The van der Waals surface area contributed by atoms with Crippen LogP contribution >= 0.6 is 23.1 Å². The highest BCUT2D eigenvalue weighted by atomic mass is 32.2. The minimum absolute atomic E-state index is 0.204. The smallest absolute Gasteiger partial charge is 0.282 e. The molecule has 0 spiro atoms. The zero-order valence-corrected chi connectivity index (χ0v) is 18.3. The normalized spacial score (nSPS) is 10.9. The van der Waals surface area contributed by atoms with Gasteiger partial charge in [0.2, 0.25) is 5.01 Å². The van der Waals surface area contributed by atoms with Gasteiger partial charge in [0.1, 0.15) is 5.01 Å². The SMILES string of the molecule is Cc1ccc(-n2ccnc2SCc2nnc(C(=O)NCc3ccccc3)s2)cc1C. The summed E-state index contributed by atoms with van der Waals surface area (Å²) in [6.07, 6.45) is 3.75. The van der Waals surface area contributed by atoms with Gasteiger partial charge in [0.05, 0.1) is 5.75 Å². The van der Waals surface area contributed by atoms with E-state index in [9.17, 15) is 4.79 Å². The highest BCUT2D eigenvalue weighted by molar-refractivity contribution is 7.98. The lowest BCUT2D eigenvalue weighted by atomic mass is 10.1. The standard InChI is InChI=1S/C22H21N5OS2/c1-15-8-9-18(12-16(15)2)27-11-10-23-22(27)29-14-19-25-26-21(30-19)20(28)24-13-17-6-4-3-5-7-17/h3-12H,13-14H2,1-2H3,(H,24,28). The number of carbonyl (C=O) groups excluding carboxylic acids is 1. The molecule has 6 nitrogen and oxygen atoms in total. The third-order valence-corrected chi connectivity index (χ3v) is 6.74. The van der Waals surface area contributed by atoms with Crippen LogP contribution < -0.4 is 5.32 Å². The van der Waals surface area contributed by atoms with E-state index in [2.05, 4.69) is 57.1 Å². The lowest BCUT2D eigenvalue weighted by Crippen LogP contribution is -2.22. The fraction of sp³-hybridized carbons (Fsp3) is 0.182. The average Bonchev–Trinajstić information content (AvgIpc) is 3.43. The van der Waals surface area contributed by atoms with Crippen LogP contribution in [0.1, 0.15) is 31.5 Å². The van der Waals surface area contributed by atoms with Gasteiger partial charge in [0.25, 0.3) is 5.91 Å². The van der Waals surface area contributed by atoms with E-state index in [-0.39, 0.29) is 5.91 Å². The third kappa shape index (κ3) is 4.77. The van der Waals surface area contributed by atoms with Crippen LogP contribution in [0.5, 0.6) is 0 Å². The number of carbonyl (C=O) groups is 1. The Bertz CT molecular complexity index is 1150. The van der Waals surface area contributed by atoms with Gasteiger partial charge in [-0.1, -0.05) is 59.5 Å². The second-order valence-corrected chi connectivity index (χ2v) is 8.81. The first kappa shape index (κ1) is 20.3. The molecular weight excluding hydrogens is 414 g/mol. The number of hydrogen-bond donors (Lipinski definition) is 1. The van der Waals surface area contributed by atoms with Gasteiger partial charge in [-0.15, -0.1) is 10.2 Å². The second kappa shape index (κ2) is 9.23. The molecule has 2 aromatic carbocycles. The number of nitrogens with one attached hydrogen (secondary N) is 1. The van der Waals surface area contributed by atoms with Crippen molar-refractivity contribution in [2.45, 2.75) is 31.3 Å². The highest BCUT2D eigenvalue weighted by Crippen LogP contribution is 2.26. The van der Waals surface area contributed by atoms with Gasteiger partial charge in [0.15, 0.2) is 5.16 Å². The summed E-state index contributed by atoms with van der Waals surface area (Å²) in [5.74, 6) is 0.398. The van der Waals surface area contributed by atoms with Crippen molar-refractivity contribution in [2.24, 2.45) is 0 Å². The van der Waals surface area contributed by atoms with E-state index in [1.165, 1.54) is 22.5 Å². The number of thioether (sulfide) groups is 1. The summed E-state index contributed by atoms with van der Waals surface area (Å²) in [5.41, 5.74) is 4.63. The molecule has 0 aliphatic carbocycles. The summed E-state index contributed by atoms with van der Waals surface area (Å²) in [7, 11) is 0. The van der Waals surface area contributed by atoms with E-state index in [4.69, 9.17) is 0 Å². The second-order valence-electron chi connectivity index (χ2n) is 6.81. The largest absolute Gasteiger partial charge is 0.346 e. The first-order valence-corrected chi connectivity index (χ1v) is 11.3. The molecule has 30 heavy (non-hydrogen) atoms. The number of hydrogen-bond acceptors (Lipinski definition) is 6. The molecule has 8 heteroatoms. The van der Waals surface area contributed by atoms with Crippen molar-refractivity contribution < 1.29 is 4.79 Å². The fourth-order valence-electron chi connectivity index (χ4n) is 2.85. The Morgan fingerprint density at radius 3 is 2.73 bits per heavy atom. The van der Waals surface area contributed by atoms with Crippen LogP contribution in [0.2, 0.25) is 0 Å². The van der Waals surface area contributed by atoms with E-state index < -0.39 is 0 Å². The van der Waals surface area contributed by atoms with Gasteiger partial charge in [-0.2, -0.15) is 0 Å². The summed E-state index contributed by atoms with van der Waals surface area (Å²) in [6.45, 7) is 4.68. The summed E-state index contributed by atoms with van der Waals surface area (Å²) in [5, 5.41) is 13.1. The summed E-state index contributed by atoms with van der Waals surface area (Å²) >= 11 is 2.89. The fourth-order valence-corrected chi connectivity index (χ4v) is 4.57. The van der Waals surface area contributed by atoms with Crippen molar-refractivity contribution in [1.29, 1.82) is 0 Å². The van der Waals surface area contributed by atoms with Gasteiger partial charge in [-0.05, 0) is 42.7 Å². The molecule has 1 N–H and O–H groups in total. The number of aromatic nitrogens is 4. The van der Waals surface area contributed by atoms with Crippen LogP contribution in [0.3, 0.4) is 0 Å². The minimum Gasteiger partial charge on any atom is -0.346 e. The van der Waals surface area contributed by atoms with Crippen LogP contribution in [0.15, 0.2) is 66.1 Å². The maximum Gasteiger partial charge on any atom is 0.282 e. The van der Waals surface area contributed by atoms with E-state index in [1.807, 2.05) is 36.5 Å². The maximum absolute atomic E-state index is 12.3. The van der Waals surface area contributed by atoms with Crippen molar-refractivity contribution in [1.82, 2.24) is 25.1 Å². The molecule has 152 valence electrons. The van der Waals surface area contributed by atoms with Crippen molar-refractivity contribution in [3.05, 3.63) is 87.6 Å². The number of amides is 1. The molecule has 0 radical (unpaired) electrons. The molecule has 2 aromatic heterocycles. The number of imidazole rings is 1. The number of rotatable bonds is 7. The number of aryl methyl sites for hydroxylation is 2. The monoisotopic (exact) mass is 435 g/mol. The van der Waals surface area contributed by atoms with Crippen LogP contribution in [0.4, 0.5) is 0 Å². The molecule has 2 heterocycles. The molecule has 0 bridgehead atoms. The molecule has 4 aromatic rings. The number of benzene rings is 2. The lowest BCUT2D eigenvalue weighted by Gasteiger charge is -2.09. The average molecular weight is 436 g/mol. The highest BCUT2D eigenvalue weighted by Gasteiger charge is 2.14. The van der Waals surface area contributed by atoms with Crippen LogP contribution in [0.25, 0.3) is 5.69 Å². The quantitative estimate of drug-likeness (QED) is 0.431. The van der Waals surface area contributed by atoms with Crippen molar-refractivity contribution >= 4 is 29.0 Å². The minimum atomic E-state index is -0.204. The molecule has 4 rings (SSSR count). The predicted molar refractivity (Wildman–Crippen MR) is 120 cm³/mol. The molecule has 0 fully saturated rings. The molecule has 0 saturated carbocycles. The Hall–Kier alpha value is -2.97. The summed E-state index contributed by atoms with van der Waals surface area (Å²) in [4.78, 5) is 16.8. The Labute approximate surface area is 183 Å². The van der Waals surface area contributed by atoms with Gasteiger partial charge in [-0.3, -0.25) is 9.36 Å². The van der Waals surface area contributed by atoms with Gasteiger partial charge in [0, 0.05) is 24.6 Å². The number of nitrogens with zero attached hydrogens (tertiary/aromatic N) is 4. The first-order chi connectivity index (χ1) is 14.6. The molecule has 0 aliphatic rings. The molecule has 0 aliphatic heterocycles. The van der Waals surface area contributed by atoms with E-state index in [0.717, 1.165) is 21.4 Å². The first-order valence-electron chi connectivity index (χ1n) is 9.48. The Morgan fingerprint density at radius 2 is 1.93 bits per heavy atom. The zero-order chi connectivity index (χ0) is 20.9. The zero-order valence-electron chi connectivity index (χ0n) is 16.7. The van der Waals surface area contributed by atoms with Gasteiger partial charge < -0.3 is 5.32 Å². The Morgan fingerprint density at radius 1 is 1.10 bits per heavy atom. The lowest BCUT2D eigenvalue weighted by molar-refractivity contribution is 0.0950. The summed E-state index contributed by atoms with van der Waals surface area (Å²) < 4.78 is 2.06. The molecule has 1 amide bonds. The van der Waals surface area contributed by atoms with E-state index in [1.54, 1.807) is 18.0 Å². The van der Waals surface area contributed by atoms with Crippen molar-refractivity contribution in [2.75, 3.05) is 0 Å². The predicted octanol–water partition coefficient (Wildman–Crippen LogP) is 4.56. The molecule has 0 unspecified atom stereocenters. The topological polar surface area (TPSA) is 72.7 Å². The van der Waals surface area contributed by atoms with Crippen LogP contribution in [0, 0.1) is 13.8 Å². The Balaban J connectivity index is 1.37. The van der Waals surface area contributed by atoms with Crippen molar-refractivity contribution in [3.8, 4) is 5.69 Å². The Kier molecular flexibility index (Phi) is 6.25.